The molecule has 5 nitrogen and oxygen atoms in total. The topological polar surface area (TPSA) is 81.4 Å². The summed E-state index contributed by atoms with van der Waals surface area (Å²) in [5.74, 6) is -0.829. The maximum atomic E-state index is 12.5. The summed E-state index contributed by atoms with van der Waals surface area (Å²) in [6.07, 6.45) is 5.05. The van der Waals surface area contributed by atoms with Crippen molar-refractivity contribution in [2.45, 2.75) is 51.0 Å². The highest BCUT2D eigenvalue weighted by Crippen LogP contribution is 2.26. The van der Waals surface area contributed by atoms with Crippen LogP contribution in [0.2, 0.25) is 0 Å². The van der Waals surface area contributed by atoms with Gasteiger partial charge in [-0.25, -0.2) is 0 Å². The Morgan fingerprint density at radius 2 is 1.84 bits per heavy atom. The number of hydrogen-bond donors (Lipinski definition) is 2. The van der Waals surface area contributed by atoms with Crippen molar-refractivity contribution in [3.8, 4) is 0 Å². The number of ether oxygens (including phenoxy) is 1. The number of benzene rings is 1. The van der Waals surface area contributed by atoms with Crippen LogP contribution in [-0.2, 0) is 20.7 Å². The van der Waals surface area contributed by atoms with E-state index in [1.54, 1.807) is 6.92 Å². The molecule has 0 bridgehead atoms. The summed E-state index contributed by atoms with van der Waals surface area (Å²) in [4.78, 5) is 24.7. The average Bonchev–Trinajstić information content (AvgIpc) is 2.60. The van der Waals surface area contributed by atoms with Crippen molar-refractivity contribution in [1.29, 1.82) is 0 Å². The zero-order valence-electron chi connectivity index (χ0n) is 14.8. The Bertz CT molecular complexity index is 545. The molecule has 25 heavy (non-hydrogen) atoms. The number of rotatable bonds is 7. The van der Waals surface area contributed by atoms with E-state index in [4.69, 9.17) is 10.5 Å². The maximum Gasteiger partial charge on any atom is 0.311 e. The first-order valence-corrected chi connectivity index (χ1v) is 8.83. The molecule has 1 aliphatic rings. The third kappa shape index (κ3) is 6.33. The van der Waals surface area contributed by atoms with Gasteiger partial charge in [0.15, 0.2) is 0 Å². The van der Waals surface area contributed by atoms with Crippen molar-refractivity contribution in [1.82, 2.24) is 5.32 Å². The average molecular weight is 369 g/mol. The van der Waals surface area contributed by atoms with Crippen LogP contribution in [0.1, 0.15) is 44.6 Å². The molecule has 0 heterocycles. The molecule has 0 aromatic heterocycles. The Hall–Kier alpha value is -1.59. The first-order chi connectivity index (χ1) is 11.5. The van der Waals surface area contributed by atoms with Gasteiger partial charge in [0.25, 0.3) is 0 Å². The highest BCUT2D eigenvalue weighted by atomic mass is 35.5. The van der Waals surface area contributed by atoms with Gasteiger partial charge >= 0.3 is 5.97 Å². The standard InChI is InChI=1S/C19H28N2O3.ClH/c1-2-24-17(22)16(13-15-9-5-3-6-10-15)14-21-18(23)19(20)11-7-4-8-12-19;/h3,5-6,9-10,16H,2,4,7-8,11-14,20H2,1H3,(H,21,23);1H. The minimum Gasteiger partial charge on any atom is -0.466 e. The van der Waals surface area contributed by atoms with E-state index in [-0.39, 0.29) is 30.8 Å². The van der Waals surface area contributed by atoms with Gasteiger partial charge in [-0.2, -0.15) is 0 Å². The highest BCUT2D eigenvalue weighted by Gasteiger charge is 2.35. The van der Waals surface area contributed by atoms with Crippen LogP contribution in [0, 0.1) is 5.92 Å². The van der Waals surface area contributed by atoms with Crippen molar-refractivity contribution in [2.75, 3.05) is 13.2 Å². The van der Waals surface area contributed by atoms with Crippen LogP contribution in [0.4, 0.5) is 0 Å². The summed E-state index contributed by atoms with van der Waals surface area (Å²) in [6.45, 7) is 2.37. The number of amides is 1. The molecule has 3 N–H and O–H groups in total. The lowest BCUT2D eigenvalue weighted by Gasteiger charge is -2.32. The molecule has 1 atom stereocenters. The first kappa shape index (κ1) is 21.5. The Kier molecular flexibility index (Phi) is 8.93. The number of hydrogen-bond acceptors (Lipinski definition) is 4. The minimum atomic E-state index is -0.787. The highest BCUT2D eigenvalue weighted by molar-refractivity contribution is 5.86. The van der Waals surface area contributed by atoms with E-state index in [2.05, 4.69) is 5.32 Å². The lowest BCUT2D eigenvalue weighted by atomic mass is 9.82. The van der Waals surface area contributed by atoms with Crippen molar-refractivity contribution in [3.05, 3.63) is 35.9 Å². The number of nitrogens with two attached hydrogens (primary N) is 1. The minimum absolute atomic E-state index is 0. The normalized spacial score (nSPS) is 17.0. The molecule has 0 spiro atoms. The van der Waals surface area contributed by atoms with Gasteiger partial charge in [-0.15, -0.1) is 12.4 Å². The number of carbonyl (C=O) groups excluding carboxylic acids is 2. The van der Waals surface area contributed by atoms with E-state index in [0.717, 1.165) is 24.8 Å². The zero-order valence-corrected chi connectivity index (χ0v) is 15.6. The molecule has 1 amide bonds. The molecule has 1 aromatic rings. The summed E-state index contributed by atoms with van der Waals surface area (Å²) in [5.41, 5.74) is 6.51. The van der Waals surface area contributed by atoms with Gasteiger partial charge in [0, 0.05) is 6.54 Å². The lowest BCUT2D eigenvalue weighted by Crippen LogP contribution is -2.56. The number of carbonyl (C=O) groups is 2. The van der Waals surface area contributed by atoms with Crippen LogP contribution >= 0.6 is 12.4 Å². The molecular formula is C19H29ClN2O3. The first-order valence-electron chi connectivity index (χ1n) is 8.83. The van der Waals surface area contributed by atoms with Gasteiger partial charge < -0.3 is 15.8 Å². The molecule has 6 heteroatoms. The fraction of sp³-hybridized carbons (Fsp3) is 0.579. The third-order valence-corrected chi connectivity index (χ3v) is 4.65. The van der Waals surface area contributed by atoms with Crippen molar-refractivity contribution >= 4 is 24.3 Å². The van der Waals surface area contributed by atoms with Crippen LogP contribution in [0.25, 0.3) is 0 Å². The van der Waals surface area contributed by atoms with E-state index in [0.29, 0.717) is 25.9 Å². The molecule has 1 unspecified atom stereocenters. The monoisotopic (exact) mass is 368 g/mol. The van der Waals surface area contributed by atoms with Gasteiger partial charge in [0.1, 0.15) is 0 Å². The number of esters is 1. The van der Waals surface area contributed by atoms with E-state index < -0.39 is 11.5 Å². The Labute approximate surface area is 156 Å². The largest absolute Gasteiger partial charge is 0.466 e. The summed E-state index contributed by atoms with van der Waals surface area (Å²) >= 11 is 0. The van der Waals surface area contributed by atoms with Crippen LogP contribution in [-0.4, -0.2) is 30.6 Å². The van der Waals surface area contributed by atoms with Crippen molar-refractivity contribution in [3.63, 3.8) is 0 Å². The van der Waals surface area contributed by atoms with E-state index >= 15 is 0 Å². The SMILES string of the molecule is CCOC(=O)C(CNC(=O)C1(N)CCCCC1)Cc1ccccc1.Cl. The molecule has 140 valence electrons. The van der Waals surface area contributed by atoms with Gasteiger partial charge in [0.2, 0.25) is 5.91 Å². The van der Waals surface area contributed by atoms with Crippen LogP contribution in [0.5, 0.6) is 0 Å². The maximum absolute atomic E-state index is 12.5. The number of halogens is 1. The van der Waals surface area contributed by atoms with Gasteiger partial charge in [0.05, 0.1) is 18.1 Å². The Balaban J connectivity index is 0.00000312. The Morgan fingerprint density at radius 3 is 2.44 bits per heavy atom. The summed E-state index contributed by atoms with van der Waals surface area (Å²) in [7, 11) is 0. The zero-order chi connectivity index (χ0) is 17.4. The fourth-order valence-electron chi connectivity index (χ4n) is 3.20. The predicted octanol–water partition coefficient (Wildman–Crippen LogP) is 2.61. The summed E-state index contributed by atoms with van der Waals surface area (Å²) in [6, 6.07) is 9.76. The molecule has 0 saturated heterocycles. The fourth-order valence-corrected chi connectivity index (χ4v) is 3.20. The molecule has 1 aliphatic carbocycles. The molecular weight excluding hydrogens is 340 g/mol. The summed E-state index contributed by atoms with van der Waals surface area (Å²) < 4.78 is 5.16. The second-order valence-corrected chi connectivity index (χ2v) is 6.57. The third-order valence-electron chi connectivity index (χ3n) is 4.65. The van der Waals surface area contributed by atoms with Crippen LogP contribution in [0.3, 0.4) is 0 Å². The molecule has 1 aromatic carbocycles. The molecule has 1 fully saturated rings. The quantitative estimate of drug-likeness (QED) is 0.725. The smallest absolute Gasteiger partial charge is 0.311 e. The van der Waals surface area contributed by atoms with Gasteiger partial charge in [-0.3, -0.25) is 9.59 Å². The van der Waals surface area contributed by atoms with Gasteiger partial charge in [-0.05, 0) is 31.7 Å². The predicted molar refractivity (Wildman–Crippen MR) is 101 cm³/mol. The van der Waals surface area contributed by atoms with Crippen molar-refractivity contribution in [2.24, 2.45) is 11.7 Å². The second kappa shape index (κ2) is 10.4. The number of nitrogens with one attached hydrogen (secondary N) is 1. The van der Waals surface area contributed by atoms with Crippen LogP contribution < -0.4 is 11.1 Å². The molecule has 1 saturated carbocycles. The van der Waals surface area contributed by atoms with Gasteiger partial charge in [-0.1, -0.05) is 49.6 Å². The molecule has 0 radical (unpaired) electrons. The van der Waals surface area contributed by atoms with E-state index in [1.807, 2.05) is 30.3 Å². The van der Waals surface area contributed by atoms with Crippen molar-refractivity contribution < 1.29 is 14.3 Å². The molecule has 0 aliphatic heterocycles. The van der Waals surface area contributed by atoms with E-state index in [1.165, 1.54) is 0 Å². The Morgan fingerprint density at radius 1 is 1.20 bits per heavy atom. The lowest BCUT2D eigenvalue weighted by molar-refractivity contribution is -0.148. The summed E-state index contributed by atoms with van der Waals surface area (Å²) in [5, 5.41) is 2.89. The van der Waals surface area contributed by atoms with Crippen LogP contribution in [0.15, 0.2) is 30.3 Å². The molecule has 2 rings (SSSR count). The van der Waals surface area contributed by atoms with E-state index in [9.17, 15) is 9.59 Å². The second-order valence-electron chi connectivity index (χ2n) is 6.57.